The van der Waals surface area contributed by atoms with Crippen LogP contribution in [0.3, 0.4) is 0 Å². The van der Waals surface area contributed by atoms with Crippen molar-refractivity contribution in [2.24, 2.45) is 0 Å². The number of rotatable bonds is 4. The topological polar surface area (TPSA) is 46.9 Å². The number of carbonyl (C=O) groups is 1. The molecule has 1 amide bonds. The van der Waals surface area contributed by atoms with Crippen LogP contribution in [0, 0.1) is 0 Å². The van der Waals surface area contributed by atoms with E-state index < -0.39 is 0 Å². The Hall–Kier alpha value is -2.14. The molecule has 0 aliphatic heterocycles. The minimum atomic E-state index is -0.0268. The van der Waals surface area contributed by atoms with Gasteiger partial charge in [0.05, 0.1) is 12.2 Å². The van der Waals surface area contributed by atoms with E-state index in [1.807, 2.05) is 53.2 Å². The summed E-state index contributed by atoms with van der Waals surface area (Å²) in [5, 5.41) is 3.99. The van der Waals surface area contributed by atoms with E-state index in [1.165, 1.54) is 0 Å². The van der Waals surface area contributed by atoms with Gasteiger partial charge in [-0.3, -0.25) is 9.78 Å². The second kappa shape index (κ2) is 6.10. The van der Waals surface area contributed by atoms with Crippen molar-refractivity contribution in [3.8, 4) is 0 Å². The van der Waals surface area contributed by atoms with E-state index in [4.69, 9.17) is 0 Å². The number of hydrogen-bond donors (Lipinski definition) is 1. The lowest BCUT2D eigenvalue weighted by Crippen LogP contribution is -2.27. The first-order valence-corrected chi connectivity index (χ1v) is 7.43. The Balaban J connectivity index is 1.66. The standard InChI is InChI=1S/C16H14BrN3O/c17-13-4-5-15-12(9-13)6-8-20(15)11-16(21)19-10-14-3-1-2-7-18-14/h1-9H,10-11H2,(H,19,21). The van der Waals surface area contributed by atoms with Crippen molar-refractivity contribution in [2.45, 2.75) is 13.1 Å². The molecule has 0 bridgehead atoms. The quantitative estimate of drug-likeness (QED) is 0.791. The third-order valence-electron chi connectivity index (χ3n) is 3.24. The monoisotopic (exact) mass is 343 g/mol. The van der Waals surface area contributed by atoms with Gasteiger partial charge in [0.25, 0.3) is 0 Å². The Kier molecular flexibility index (Phi) is 4.01. The molecule has 3 aromatic rings. The fraction of sp³-hybridized carbons (Fsp3) is 0.125. The molecule has 0 saturated carbocycles. The molecule has 1 N–H and O–H groups in total. The molecule has 0 saturated heterocycles. The highest BCUT2D eigenvalue weighted by Crippen LogP contribution is 2.20. The third kappa shape index (κ3) is 3.31. The van der Waals surface area contributed by atoms with Crippen LogP contribution in [-0.2, 0) is 17.9 Å². The lowest BCUT2D eigenvalue weighted by molar-refractivity contribution is -0.121. The minimum absolute atomic E-state index is 0.0268. The molecule has 0 radical (unpaired) electrons. The summed E-state index contributed by atoms with van der Waals surface area (Å²) in [6, 6.07) is 13.7. The normalized spacial score (nSPS) is 10.7. The highest BCUT2D eigenvalue weighted by molar-refractivity contribution is 9.10. The molecule has 0 fully saturated rings. The Labute approximate surface area is 130 Å². The van der Waals surface area contributed by atoms with Crippen molar-refractivity contribution in [3.05, 3.63) is 65.0 Å². The summed E-state index contributed by atoms with van der Waals surface area (Å²) in [5.74, 6) is -0.0268. The first-order valence-electron chi connectivity index (χ1n) is 6.63. The number of fused-ring (bicyclic) bond motifs is 1. The fourth-order valence-corrected chi connectivity index (χ4v) is 2.59. The summed E-state index contributed by atoms with van der Waals surface area (Å²) in [4.78, 5) is 16.2. The van der Waals surface area contributed by atoms with Crippen molar-refractivity contribution >= 4 is 32.7 Å². The number of nitrogens with zero attached hydrogens (tertiary/aromatic N) is 2. The molecule has 0 atom stereocenters. The van der Waals surface area contributed by atoms with E-state index in [0.717, 1.165) is 21.1 Å². The molecule has 1 aromatic carbocycles. The molecule has 4 nitrogen and oxygen atoms in total. The van der Waals surface area contributed by atoms with Crippen LogP contribution >= 0.6 is 15.9 Å². The summed E-state index contributed by atoms with van der Waals surface area (Å²) in [5.41, 5.74) is 1.90. The first-order chi connectivity index (χ1) is 10.2. The molecule has 21 heavy (non-hydrogen) atoms. The van der Waals surface area contributed by atoms with Gasteiger partial charge in [-0.25, -0.2) is 0 Å². The van der Waals surface area contributed by atoms with E-state index >= 15 is 0 Å². The van der Waals surface area contributed by atoms with E-state index in [0.29, 0.717) is 13.1 Å². The Morgan fingerprint density at radius 3 is 2.95 bits per heavy atom. The van der Waals surface area contributed by atoms with Gasteiger partial charge >= 0.3 is 0 Å². The van der Waals surface area contributed by atoms with E-state index in [9.17, 15) is 4.79 Å². The molecular weight excluding hydrogens is 330 g/mol. The van der Waals surface area contributed by atoms with Crippen LogP contribution < -0.4 is 5.32 Å². The van der Waals surface area contributed by atoms with Crippen molar-refractivity contribution < 1.29 is 4.79 Å². The summed E-state index contributed by atoms with van der Waals surface area (Å²) in [6.07, 6.45) is 3.65. The van der Waals surface area contributed by atoms with Crippen LogP contribution in [0.5, 0.6) is 0 Å². The van der Waals surface area contributed by atoms with Crippen LogP contribution in [0.2, 0.25) is 0 Å². The van der Waals surface area contributed by atoms with E-state index in [1.54, 1.807) is 6.20 Å². The molecule has 106 valence electrons. The third-order valence-corrected chi connectivity index (χ3v) is 3.73. The first kappa shape index (κ1) is 13.8. The Morgan fingerprint density at radius 2 is 2.14 bits per heavy atom. The summed E-state index contributed by atoms with van der Waals surface area (Å²) < 4.78 is 2.97. The minimum Gasteiger partial charge on any atom is -0.349 e. The SMILES string of the molecule is O=C(Cn1ccc2cc(Br)ccc21)NCc1ccccn1. The molecule has 0 aliphatic rings. The largest absolute Gasteiger partial charge is 0.349 e. The smallest absolute Gasteiger partial charge is 0.240 e. The molecule has 3 rings (SSSR count). The average Bonchev–Trinajstić information content (AvgIpc) is 2.88. The van der Waals surface area contributed by atoms with Gasteiger partial charge in [-0.1, -0.05) is 22.0 Å². The van der Waals surface area contributed by atoms with Crippen LogP contribution in [0.1, 0.15) is 5.69 Å². The maximum Gasteiger partial charge on any atom is 0.240 e. The summed E-state index contributed by atoms with van der Waals surface area (Å²) >= 11 is 3.45. The molecule has 0 spiro atoms. The second-order valence-corrected chi connectivity index (χ2v) is 5.66. The van der Waals surface area contributed by atoms with Crippen LogP contribution in [0.15, 0.2) is 59.3 Å². The van der Waals surface area contributed by atoms with Crippen molar-refractivity contribution in [3.63, 3.8) is 0 Å². The summed E-state index contributed by atoms with van der Waals surface area (Å²) in [6.45, 7) is 0.752. The molecule has 0 unspecified atom stereocenters. The average molecular weight is 344 g/mol. The second-order valence-electron chi connectivity index (χ2n) is 4.74. The number of hydrogen-bond acceptors (Lipinski definition) is 2. The van der Waals surface area contributed by atoms with Crippen LogP contribution in [0.25, 0.3) is 10.9 Å². The Morgan fingerprint density at radius 1 is 1.24 bits per heavy atom. The number of halogens is 1. The molecule has 2 aromatic heterocycles. The zero-order valence-corrected chi connectivity index (χ0v) is 12.9. The van der Waals surface area contributed by atoms with Gasteiger partial charge in [0, 0.05) is 27.8 Å². The van der Waals surface area contributed by atoms with Crippen LogP contribution in [0.4, 0.5) is 0 Å². The number of amides is 1. The zero-order chi connectivity index (χ0) is 14.7. The number of benzene rings is 1. The maximum atomic E-state index is 12.0. The summed E-state index contributed by atoms with van der Waals surface area (Å²) in [7, 11) is 0. The highest BCUT2D eigenvalue weighted by Gasteiger charge is 2.06. The number of aromatic nitrogens is 2. The van der Waals surface area contributed by atoms with Gasteiger partial charge in [-0.05, 0) is 36.4 Å². The predicted octanol–water partition coefficient (Wildman–Crippen LogP) is 3.12. The Bertz CT molecular complexity index is 768. The lowest BCUT2D eigenvalue weighted by atomic mass is 10.2. The van der Waals surface area contributed by atoms with Gasteiger partial charge in [-0.15, -0.1) is 0 Å². The molecule has 5 heteroatoms. The van der Waals surface area contributed by atoms with E-state index in [2.05, 4.69) is 26.2 Å². The van der Waals surface area contributed by atoms with Crippen molar-refractivity contribution in [1.29, 1.82) is 0 Å². The van der Waals surface area contributed by atoms with Crippen molar-refractivity contribution in [2.75, 3.05) is 0 Å². The maximum absolute atomic E-state index is 12.0. The number of nitrogens with one attached hydrogen (secondary N) is 1. The van der Waals surface area contributed by atoms with Crippen LogP contribution in [-0.4, -0.2) is 15.5 Å². The van der Waals surface area contributed by atoms with Gasteiger partial charge < -0.3 is 9.88 Å². The molecule has 0 aliphatic carbocycles. The van der Waals surface area contributed by atoms with Crippen molar-refractivity contribution in [1.82, 2.24) is 14.9 Å². The van der Waals surface area contributed by atoms with Gasteiger partial charge in [0.1, 0.15) is 6.54 Å². The number of pyridine rings is 1. The van der Waals surface area contributed by atoms with Gasteiger partial charge in [0.2, 0.25) is 5.91 Å². The molecule has 2 heterocycles. The zero-order valence-electron chi connectivity index (χ0n) is 11.3. The van der Waals surface area contributed by atoms with E-state index in [-0.39, 0.29) is 5.91 Å². The molecular formula is C16H14BrN3O. The van der Waals surface area contributed by atoms with Gasteiger partial charge in [0.15, 0.2) is 0 Å². The number of carbonyl (C=O) groups excluding carboxylic acids is 1. The highest BCUT2D eigenvalue weighted by atomic mass is 79.9. The lowest BCUT2D eigenvalue weighted by Gasteiger charge is -2.07. The predicted molar refractivity (Wildman–Crippen MR) is 85.7 cm³/mol. The fourth-order valence-electron chi connectivity index (χ4n) is 2.21. The van der Waals surface area contributed by atoms with Gasteiger partial charge in [-0.2, -0.15) is 0 Å².